The third kappa shape index (κ3) is 3.55. The predicted molar refractivity (Wildman–Crippen MR) is 143 cm³/mol. The van der Waals surface area contributed by atoms with Gasteiger partial charge in [-0.25, -0.2) is 0 Å². The first kappa shape index (κ1) is 24.9. The van der Waals surface area contributed by atoms with Gasteiger partial charge >= 0.3 is 0 Å². The Hall–Kier alpha value is -3.46. The van der Waals surface area contributed by atoms with Crippen LogP contribution in [0.3, 0.4) is 0 Å². The number of ether oxygens (including phenoxy) is 1. The lowest BCUT2D eigenvalue weighted by Crippen LogP contribution is -2.57. The Kier molecular flexibility index (Phi) is 6.13. The molecule has 196 valence electrons. The summed E-state index contributed by atoms with van der Waals surface area (Å²) >= 11 is 6.47. The van der Waals surface area contributed by atoms with E-state index in [1.807, 2.05) is 48.6 Å². The molecule has 6 atom stereocenters. The first-order valence-electron chi connectivity index (χ1n) is 12.8. The largest absolute Gasteiger partial charge is 0.394 e. The topological polar surface area (TPSA) is 90.4 Å². The van der Waals surface area contributed by atoms with Gasteiger partial charge in [0.05, 0.1) is 41.3 Å². The fourth-order valence-electron chi connectivity index (χ4n) is 6.37. The van der Waals surface area contributed by atoms with Gasteiger partial charge in [0.25, 0.3) is 5.91 Å². The number of benzene rings is 2. The van der Waals surface area contributed by atoms with Crippen LogP contribution >= 0.6 is 11.6 Å². The number of amides is 3. The van der Waals surface area contributed by atoms with Crippen LogP contribution in [0.25, 0.3) is 0 Å². The predicted octanol–water partition coefficient (Wildman–Crippen LogP) is 2.81. The van der Waals surface area contributed by atoms with Crippen molar-refractivity contribution in [1.29, 1.82) is 0 Å². The third-order valence-electron chi connectivity index (χ3n) is 8.05. The Morgan fingerprint density at radius 1 is 0.974 bits per heavy atom. The Morgan fingerprint density at radius 2 is 1.68 bits per heavy atom. The average molecular weight is 534 g/mol. The molecular weight excluding hydrogens is 506 g/mol. The van der Waals surface area contributed by atoms with Crippen LogP contribution in [0.15, 0.2) is 78.9 Å². The minimum absolute atomic E-state index is 0.224. The second kappa shape index (κ2) is 9.38. The summed E-state index contributed by atoms with van der Waals surface area (Å²) in [5.41, 5.74) is -0.127. The van der Waals surface area contributed by atoms with E-state index in [0.29, 0.717) is 17.3 Å². The number of fused-ring (bicyclic) bond motifs is 2. The van der Waals surface area contributed by atoms with Crippen LogP contribution in [0.2, 0.25) is 5.02 Å². The van der Waals surface area contributed by atoms with E-state index in [1.165, 1.54) is 9.80 Å². The number of halogens is 1. The highest BCUT2D eigenvalue weighted by Crippen LogP contribution is 2.54. The maximum Gasteiger partial charge on any atom is 0.253 e. The maximum atomic E-state index is 14.3. The standard InChI is InChI=1S/C29H28ClN3O5/c1-18(17-34)33-25-28(37)32(21-12-6-5-11-20(21)30)16-8-14-29(25)24(27(33)36)23-22(38-29)13-7-15-31(26(23)35)19-9-3-2-4-10-19/h2-14,18,22-25,34H,15-17H2,1H3/t18-,22+,23-,24+,25?,29+/m1/s1. The molecule has 4 aliphatic rings. The van der Waals surface area contributed by atoms with Gasteiger partial charge in [-0.15, -0.1) is 0 Å². The minimum atomic E-state index is -1.37. The molecule has 38 heavy (non-hydrogen) atoms. The molecule has 2 saturated heterocycles. The van der Waals surface area contributed by atoms with Gasteiger partial charge in [0, 0.05) is 18.8 Å². The van der Waals surface area contributed by atoms with Crippen molar-refractivity contribution in [2.45, 2.75) is 30.7 Å². The Morgan fingerprint density at radius 3 is 2.42 bits per heavy atom. The van der Waals surface area contributed by atoms with E-state index in [4.69, 9.17) is 16.3 Å². The lowest BCUT2D eigenvalue weighted by Gasteiger charge is -2.37. The van der Waals surface area contributed by atoms with E-state index in [1.54, 1.807) is 42.2 Å². The molecule has 8 nitrogen and oxygen atoms in total. The van der Waals surface area contributed by atoms with Gasteiger partial charge in [-0.3, -0.25) is 14.4 Å². The number of aliphatic hydroxyl groups excluding tert-OH is 1. The van der Waals surface area contributed by atoms with Gasteiger partial charge in [-0.05, 0) is 31.2 Å². The van der Waals surface area contributed by atoms with Crippen molar-refractivity contribution in [3.05, 3.63) is 83.9 Å². The van der Waals surface area contributed by atoms with E-state index in [9.17, 15) is 19.5 Å². The number of hydrogen-bond acceptors (Lipinski definition) is 5. The third-order valence-corrected chi connectivity index (χ3v) is 8.37. The van der Waals surface area contributed by atoms with E-state index in [2.05, 4.69) is 0 Å². The number of para-hydroxylation sites is 2. The molecule has 1 N–H and O–H groups in total. The van der Waals surface area contributed by atoms with E-state index >= 15 is 0 Å². The number of nitrogens with zero attached hydrogens (tertiary/aromatic N) is 3. The van der Waals surface area contributed by atoms with Crippen LogP contribution in [0.5, 0.6) is 0 Å². The Labute approximate surface area is 225 Å². The number of rotatable bonds is 4. The highest BCUT2D eigenvalue weighted by Gasteiger charge is 2.72. The number of anilines is 2. The summed E-state index contributed by atoms with van der Waals surface area (Å²) in [6, 6.07) is 14.6. The number of carbonyl (C=O) groups is 3. The molecule has 4 heterocycles. The normalized spacial score (nSPS) is 31.1. The zero-order chi connectivity index (χ0) is 26.6. The quantitative estimate of drug-likeness (QED) is 0.610. The lowest BCUT2D eigenvalue weighted by molar-refractivity contribution is -0.143. The van der Waals surface area contributed by atoms with Crippen LogP contribution in [0.1, 0.15) is 6.92 Å². The summed E-state index contributed by atoms with van der Waals surface area (Å²) in [6.45, 7) is 1.92. The second-order valence-corrected chi connectivity index (χ2v) is 10.5. The van der Waals surface area contributed by atoms with Gasteiger partial charge in [-0.1, -0.05) is 66.2 Å². The highest BCUT2D eigenvalue weighted by molar-refractivity contribution is 6.34. The fourth-order valence-corrected chi connectivity index (χ4v) is 6.60. The molecule has 0 aliphatic carbocycles. The van der Waals surface area contributed by atoms with E-state index in [0.717, 1.165) is 5.69 Å². The summed E-state index contributed by atoms with van der Waals surface area (Å²) in [5, 5.41) is 10.5. The van der Waals surface area contributed by atoms with Crippen LogP contribution in [0.4, 0.5) is 11.4 Å². The molecule has 9 heteroatoms. The van der Waals surface area contributed by atoms with Crippen molar-refractivity contribution < 1.29 is 24.2 Å². The smallest absolute Gasteiger partial charge is 0.253 e. The summed E-state index contributed by atoms with van der Waals surface area (Å²) in [4.78, 5) is 47.2. The maximum absolute atomic E-state index is 14.3. The molecule has 0 bridgehead atoms. The number of carbonyl (C=O) groups excluding carboxylic acids is 3. The molecule has 1 spiro atoms. The van der Waals surface area contributed by atoms with Crippen molar-refractivity contribution in [2.75, 3.05) is 29.5 Å². The van der Waals surface area contributed by atoms with Gasteiger partial charge in [0.15, 0.2) is 0 Å². The molecule has 6 rings (SSSR count). The van der Waals surface area contributed by atoms with E-state index in [-0.39, 0.29) is 30.9 Å². The first-order valence-corrected chi connectivity index (χ1v) is 13.1. The zero-order valence-electron chi connectivity index (χ0n) is 20.8. The van der Waals surface area contributed by atoms with E-state index < -0.39 is 35.6 Å². The van der Waals surface area contributed by atoms with Crippen molar-refractivity contribution >= 4 is 40.7 Å². The summed E-state index contributed by atoms with van der Waals surface area (Å²) < 4.78 is 6.63. The Balaban J connectivity index is 1.47. The van der Waals surface area contributed by atoms with Crippen LogP contribution < -0.4 is 9.80 Å². The molecule has 0 aromatic heterocycles. The van der Waals surface area contributed by atoms with Crippen LogP contribution in [-0.4, -0.2) is 71.2 Å². The highest BCUT2D eigenvalue weighted by atomic mass is 35.5. The number of likely N-dealkylation sites (tertiary alicyclic amines) is 1. The number of hydrogen-bond donors (Lipinski definition) is 1. The van der Waals surface area contributed by atoms with Gasteiger partial charge < -0.3 is 24.5 Å². The van der Waals surface area contributed by atoms with Crippen molar-refractivity contribution in [3.8, 4) is 0 Å². The molecule has 0 saturated carbocycles. The van der Waals surface area contributed by atoms with Crippen LogP contribution in [0, 0.1) is 11.8 Å². The molecular formula is C29H28ClN3O5. The monoisotopic (exact) mass is 533 g/mol. The molecule has 1 unspecified atom stereocenters. The van der Waals surface area contributed by atoms with Crippen LogP contribution in [-0.2, 0) is 19.1 Å². The summed E-state index contributed by atoms with van der Waals surface area (Å²) in [5.74, 6) is -2.73. The molecule has 3 amide bonds. The summed E-state index contributed by atoms with van der Waals surface area (Å²) in [7, 11) is 0. The second-order valence-electron chi connectivity index (χ2n) is 10.1. The molecule has 4 aliphatic heterocycles. The Bertz CT molecular complexity index is 1350. The summed E-state index contributed by atoms with van der Waals surface area (Å²) in [6.07, 6.45) is 6.62. The average Bonchev–Trinajstić information content (AvgIpc) is 3.25. The molecule has 2 fully saturated rings. The van der Waals surface area contributed by atoms with Gasteiger partial charge in [0.1, 0.15) is 11.6 Å². The first-order chi connectivity index (χ1) is 18.4. The molecule has 2 aromatic carbocycles. The van der Waals surface area contributed by atoms with Crippen molar-refractivity contribution in [3.63, 3.8) is 0 Å². The molecule has 2 aromatic rings. The minimum Gasteiger partial charge on any atom is -0.394 e. The lowest BCUT2D eigenvalue weighted by atomic mass is 9.77. The van der Waals surface area contributed by atoms with Crippen molar-refractivity contribution in [2.24, 2.45) is 11.8 Å². The van der Waals surface area contributed by atoms with Gasteiger partial charge in [0.2, 0.25) is 11.8 Å². The van der Waals surface area contributed by atoms with Crippen molar-refractivity contribution in [1.82, 2.24) is 4.90 Å². The SMILES string of the molecule is C[C@H](CO)N1C(=O)[C@@H]2[C@@H]3C(=O)N(c4ccccc4)CC=C[C@@H]3O[C@@]23C=CCN(c2ccccc2Cl)C(=O)C13. The molecule has 0 radical (unpaired) electrons. The zero-order valence-corrected chi connectivity index (χ0v) is 21.6. The number of aliphatic hydroxyl groups is 1. The van der Waals surface area contributed by atoms with Gasteiger partial charge in [-0.2, -0.15) is 0 Å². The fraction of sp³-hybridized carbons (Fsp3) is 0.345.